The van der Waals surface area contributed by atoms with Gasteiger partial charge in [0, 0.05) is 12.1 Å². The predicted octanol–water partition coefficient (Wildman–Crippen LogP) is 3.55. The lowest BCUT2D eigenvalue weighted by atomic mass is 10.2. The molecule has 0 heterocycles. The van der Waals surface area contributed by atoms with Crippen molar-refractivity contribution >= 4 is 31.4 Å². The maximum absolute atomic E-state index is 13.9. The number of hydrogen-bond acceptors (Lipinski definition) is 5. The van der Waals surface area contributed by atoms with E-state index in [1.807, 2.05) is 9.44 Å². The predicted molar refractivity (Wildman–Crippen MR) is 102 cm³/mol. The molecule has 0 aromatic heterocycles. The Bertz CT molecular complexity index is 1380. The molecule has 3 N–H and O–H groups in total. The van der Waals surface area contributed by atoms with Crippen molar-refractivity contribution in [3.8, 4) is 5.75 Å². The number of para-hydroxylation sites is 1. The van der Waals surface area contributed by atoms with Gasteiger partial charge in [0.15, 0.2) is 0 Å². The average molecular weight is 476 g/mol. The van der Waals surface area contributed by atoms with Crippen LogP contribution in [0.15, 0.2) is 64.4 Å². The highest BCUT2D eigenvalue weighted by molar-refractivity contribution is 7.93. The van der Waals surface area contributed by atoms with E-state index in [-0.39, 0.29) is 0 Å². The number of hydrogen-bond donors (Lipinski definition) is 3. The molecule has 3 rings (SSSR count). The van der Waals surface area contributed by atoms with Crippen molar-refractivity contribution in [3.63, 3.8) is 0 Å². The molecule has 0 atom stereocenters. The number of sulfonamides is 2. The number of phenols is 1. The fourth-order valence-electron chi connectivity index (χ4n) is 2.51. The monoisotopic (exact) mass is 476 g/mol. The van der Waals surface area contributed by atoms with Gasteiger partial charge in [0.1, 0.15) is 44.5 Å². The summed E-state index contributed by atoms with van der Waals surface area (Å²) in [5, 5.41) is 10.0. The SMILES string of the molecule is O=S(=O)(Nc1cccc(O)c1NS(=O)(=O)c1ccc(F)cc1F)c1ccc(F)cc1F. The number of nitrogens with one attached hydrogen (secondary N) is 2. The number of anilines is 2. The summed E-state index contributed by atoms with van der Waals surface area (Å²) in [4.78, 5) is -1.92. The highest BCUT2D eigenvalue weighted by Crippen LogP contribution is 2.35. The standard InChI is InChI=1S/C18H12F4N2O5S2/c19-10-4-6-16(12(21)8-10)30(26,27)23-14-2-1-3-15(25)18(14)24-31(28,29)17-7-5-11(20)9-13(17)22/h1-9,23-25H. The van der Waals surface area contributed by atoms with Gasteiger partial charge < -0.3 is 5.11 Å². The molecular formula is C18H12F4N2O5S2. The third-order valence-electron chi connectivity index (χ3n) is 3.89. The van der Waals surface area contributed by atoms with Crippen molar-refractivity contribution in [2.24, 2.45) is 0 Å². The van der Waals surface area contributed by atoms with Crippen molar-refractivity contribution in [3.05, 3.63) is 77.9 Å². The Labute approximate surface area is 174 Å². The van der Waals surface area contributed by atoms with E-state index in [0.717, 1.165) is 18.2 Å². The van der Waals surface area contributed by atoms with Crippen molar-refractivity contribution in [1.29, 1.82) is 0 Å². The lowest BCUT2D eigenvalue weighted by Gasteiger charge is -2.16. The first-order valence-electron chi connectivity index (χ1n) is 8.18. The molecule has 0 aliphatic rings. The van der Waals surface area contributed by atoms with Gasteiger partial charge in [-0.25, -0.2) is 34.4 Å². The van der Waals surface area contributed by atoms with E-state index in [9.17, 15) is 39.5 Å². The van der Waals surface area contributed by atoms with E-state index in [1.165, 1.54) is 0 Å². The van der Waals surface area contributed by atoms with Crippen LogP contribution >= 0.6 is 0 Å². The van der Waals surface area contributed by atoms with Crippen LogP contribution in [0.2, 0.25) is 0 Å². The quantitative estimate of drug-likeness (QED) is 0.372. The smallest absolute Gasteiger partial charge is 0.265 e. The molecule has 13 heteroatoms. The molecule has 0 saturated heterocycles. The minimum atomic E-state index is -4.75. The molecule has 31 heavy (non-hydrogen) atoms. The minimum absolute atomic E-state index is 0.320. The van der Waals surface area contributed by atoms with Crippen LogP contribution in [0.4, 0.5) is 28.9 Å². The van der Waals surface area contributed by atoms with Crippen LogP contribution in [-0.4, -0.2) is 21.9 Å². The van der Waals surface area contributed by atoms with Crippen LogP contribution < -0.4 is 9.44 Å². The second-order valence-corrected chi connectivity index (χ2v) is 9.36. The van der Waals surface area contributed by atoms with Crippen LogP contribution in [0, 0.1) is 23.3 Å². The fraction of sp³-hybridized carbons (Fsp3) is 0. The summed E-state index contributed by atoms with van der Waals surface area (Å²) < 4.78 is 108. The minimum Gasteiger partial charge on any atom is -0.506 e. The summed E-state index contributed by atoms with van der Waals surface area (Å²) in [6, 6.07) is 6.47. The first kappa shape index (κ1) is 22.4. The van der Waals surface area contributed by atoms with E-state index in [0.29, 0.717) is 36.4 Å². The molecule has 0 unspecified atom stereocenters. The fourth-order valence-corrected chi connectivity index (χ4v) is 4.80. The van der Waals surface area contributed by atoms with Crippen LogP contribution in [-0.2, 0) is 20.0 Å². The van der Waals surface area contributed by atoms with E-state index in [1.54, 1.807) is 0 Å². The Morgan fingerprint density at radius 2 is 1.16 bits per heavy atom. The molecular weight excluding hydrogens is 464 g/mol. The van der Waals surface area contributed by atoms with Gasteiger partial charge in [-0.05, 0) is 36.4 Å². The van der Waals surface area contributed by atoms with Gasteiger partial charge in [0.05, 0.1) is 5.69 Å². The highest BCUT2D eigenvalue weighted by atomic mass is 32.2. The Balaban J connectivity index is 2.03. The van der Waals surface area contributed by atoms with E-state index in [4.69, 9.17) is 0 Å². The molecule has 0 amide bonds. The Hall–Kier alpha value is -3.32. The molecule has 0 fully saturated rings. The summed E-state index contributed by atoms with van der Waals surface area (Å²) in [5.41, 5.74) is -1.26. The van der Waals surface area contributed by atoms with Crippen molar-refractivity contribution in [2.75, 3.05) is 9.44 Å². The average Bonchev–Trinajstić information content (AvgIpc) is 2.63. The second kappa shape index (κ2) is 8.07. The molecule has 164 valence electrons. The number of rotatable bonds is 6. The van der Waals surface area contributed by atoms with Crippen molar-refractivity contribution in [1.82, 2.24) is 0 Å². The number of halogens is 4. The highest BCUT2D eigenvalue weighted by Gasteiger charge is 2.26. The first-order chi connectivity index (χ1) is 14.4. The first-order valence-corrected chi connectivity index (χ1v) is 11.1. The molecule has 0 bridgehead atoms. The van der Waals surface area contributed by atoms with Gasteiger partial charge in [0.2, 0.25) is 0 Å². The topological polar surface area (TPSA) is 113 Å². The van der Waals surface area contributed by atoms with Crippen molar-refractivity contribution in [2.45, 2.75) is 9.79 Å². The number of benzene rings is 3. The normalized spacial score (nSPS) is 11.9. The maximum Gasteiger partial charge on any atom is 0.265 e. The molecule has 0 aliphatic carbocycles. The van der Waals surface area contributed by atoms with Crippen LogP contribution in [0.3, 0.4) is 0 Å². The molecule has 3 aromatic rings. The number of phenolic OH excluding ortho intramolecular Hbond substituents is 1. The third kappa shape index (κ3) is 4.72. The van der Waals surface area contributed by atoms with Crippen molar-refractivity contribution < 1.29 is 39.5 Å². The molecule has 7 nitrogen and oxygen atoms in total. The van der Waals surface area contributed by atoms with Gasteiger partial charge in [-0.3, -0.25) is 9.44 Å². The third-order valence-corrected chi connectivity index (χ3v) is 6.67. The van der Waals surface area contributed by atoms with E-state index in [2.05, 4.69) is 0 Å². The molecule has 0 radical (unpaired) electrons. The second-order valence-electron chi connectivity index (χ2n) is 6.06. The van der Waals surface area contributed by atoms with Crippen LogP contribution in [0.1, 0.15) is 0 Å². The summed E-state index contributed by atoms with van der Waals surface area (Å²) in [7, 11) is -9.45. The lowest BCUT2D eigenvalue weighted by Crippen LogP contribution is -2.19. The zero-order valence-corrected chi connectivity index (χ0v) is 16.7. The lowest BCUT2D eigenvalue weighted by molar-refractivity contribution is 0.478. The van der Waals surface area contributed by atoms with E-state index < -0.39 is 70.2 Å². The molecule has 0 spiro atoms. The molecule has 3 aromatic carbocycles. The van der Waals surface area contributed by atoms with Gasteiger partial charge in [-0.1, -0.05) is 6.07 Å². The summed E-state index contributed by atoms with van der Waals surface area (Å²) >= 11 is 0. The Morgan fingerprint density at radius 1 is 0.677 bits per heavy atom. The van der Waals surface area contributed by atoms with Gasteiger partial charge >= 0.3 is 0 Å². The maximum atomic E-state index is 13.9. The Kier molecular flexibility index (Phi) is 5.83. The summed E-state index contributed by atoms with van der Waals surface area (Å²) in [5.74, 6) is -5.66. The van der Waals surface area contributed by atoms with Gasteiger partial charge in [-0.2, -0.15) is 0 Å². The summed E-state index contributed by atoms with van der Waals surface area (Å²) in [6.07, 6.45) is 0. The van der Waals surface area contributed by atoms with Crippen LogP contribution in [0.25, 0.3) is 0 Å². The largest absolute Gasteiger partial charge is 0.506 e. The van der Waals surface area contributed by atoms with Gasteiger partial charge in [-0.15, -0.1) is 0 Å². The Morgan fingerprint density at radius 3 is 1.65 bits per heavy atom. The van der Waals surface area contributed by atoms with E-state index >= 15 is 0 Å². The summed E-state index contributed by atoms with van der Waals surface area (Å²) in [6.45, 7) is 0. The molecule has 0 aliphatic heterocycles. The van der Waals surface area contributed by atoms with Gasteiger partial charge in [0.25, 0.3) is 20.0 Å². The number of aromatic hydroxyl groups is 1. The van der Waals surface area contributed by atoms with Crippen LogP contribution in [0.5, 0.6) is 5.75 Å². The zero-order chi connectivity index (χ0) is 23.0. The molecule has 0 saturated carbocycles. The zero-order valence-electron chi connectivity index (χ0n) is 15.1.